The van der Waals surface area contributed by atoms with Gasteiger partial charge in [-0.2, -0.15) is 4.31 Å². The van der Waals surface area contributed by atoms with Gasteiger partial charge in [0, 0.05) is 24.2 Å². The normalized spacial score (nSPS) is 16.2. The van der Waals surface area contributed by atoms with Crippen LogP contribution >= 0.6 is 11.8 Å². The lowest BCUT2D eigenvalue weighted by Gasteiger charge is -2.25. The van der Waals surface area contributed by atoms with E-state index >= 15 is 0 Å². The van der Waals surface area contributed by atoms with Crippen molar-refractivity contribution >= 4 is 21.8 Å². The molecule has 0 saturated carbocycles. The molecule has 1 aliphatic heterocycles. The summed E-state index contributed by atoms with van der Waals surface area (Å²) in [6.07, 6.45) is 1.44. The first-order valence-electron chi connectivity index (χ1n) is 7.76. The van der Waals surface area contributed by atoms with Crippen molar-refractivity contribution in [1.29, 1.82) is 0 Å². The SMILES string of the molecule is Cc1ccc(Sc2ccc(S(=O)(=O)N3CCOCC3)cn2)c(C)c1. The van der Waals surface area contributed by atoms with Crippen LogP contribution in [-0.4, -0.2) is 44.0 Å². The van der Waals surface area contributed by atoms with Gasteiger partial charge in [-0.15, -0.1) is 0 Å². The van der Waals surface area contributed by atoms with Crippen LogP contribution in [0.5, 0.6) is 0 Å². The fourth-order valence-electron chi connectivity index (χ4n) is 2.54. The predicted molar refractivity (Wildman–Crippen MR) is 93.9 cm³/mol. The second-order valence-corrected chi connectivity index (χ2v) is 8.72. The van der Waals surface area contributed by atoms with Crippen molar-refractivity contribution in [3.8, 4) is 0 Å². The molecule has 0 aliphatic carbocycles. The van der Waals surface area contributed by atoms with Crippen LogP contribution in [0.1, 0.15) is 11.1 Å². The summed E-state index contributed by atoms with van der Waals surface area (Å²) < 4.78 is 31.8. The van der Waals surface area contributed by atoms with Gasteiger partial charge >= 0.3 is 0 Å². The lowest BCUT2D eigenvalue weighted by molar-refractivity contribution is 0.0730. The van der Waals surface area contributed by atoms with Crippen molar-refractivity contribution in [3.63, 3.8) is 0 Å². The van der Waals surface area contributed by atoms with E-state index in [2.05, 4.69) is 37.0 Å². The Labute approximate surface area is 147 Å². The number of morpholine rings is 1. The van der Waals surface area contributed by atoms with Crippen LogP contribution in [0, 0.1) is 13.8 Å². The first-order valence-corrected chi connectivity index (χ1v) is 10.0. The minimum Gasteiger partial charge on any atom is -0.379 e. The van der Waals surface area contributed by atoms with Crippen molar-refractivity contribution < 1.29 is 13.2 Å². The molecule has 0 spiro atoms. The largest absolute Gasteiger partial charge is 0.379 e. The second-order valence-electron chi connectivity index (χ2n) is 5.72. The van der Waals surface area contributed by atoms with Crippen LogP contribution in [0.3, 0.4) is 0 Å². The molecular formula is C17H20N2O3S2. The van der Waals surface area contributed by atoms with Crippen LogP contribution in [0.25, 0.3) is 0 Å². The molecule has 1 saturated heterocycles. The van der Waals surface area contributed by atoms with Crippen molar-refractivity contribution in [3.05, 3.63) is 47.7 Å². The molecule has 128 valence electrons. The Morgan fingerprint density at radius 1 is 1.12 bits per heavy atom. The summed E-state index contributed by atoms with van der Waals surface area (Å²) >= 11 is 1.54. The Kier molecular flexibility index (Phi) is 5.24. The number of rotatable bonds is 4. The van der Waals surface area contributed by atoms with Crippen LogP contribution in [-0.2, 0) is 14.8 Å². The predicted octanol–water partition coefficient (Wildman–Crippen LogP) is 2.87. The number of aromatic nitrogens is 1. The number of aryl methyl sites for hydroxylation is 2. The Hall–Kier alpha value is -1.41. The van der Waals surface area contributed by atoms with Crippen molar-refractivity contribution in [1.82, 2.24) is 9.29 Å². The van der Waals surface area contributed by atoms with E-state index in [-0.39, 0.29) is 4.90 Å². The monoisotopic (exact) mass is 364 g/mol. The number of hydrogen-bond donors (Lipinski definition) is 0. The summed E-state index contributed by atoms with van der Waals surface area (Å²) in [5.41, 5.74) is 2.41. The third-order valence-corrected chi connectivity index (χ3v) is 6.87. The van der Waals surface area contributed by atoms with Crippen LogP contribution in [0.4, 0.5) is 0 Å². The summed E-state index contributed by atoms with van der Waals surface area (Å²) in [5.74, 6) is 0. The lowest BCUT2D eigenvalue weighted by atomic mass is 10.2. The number of benzene rings is 1. The number of pyridine rings is 1. The average Bonchev–Trinajstić information content (AvgIpc) is 2.59. The lowest BCUT2D eigenvalue weighted by Crippen LogP contribution is -2.40. The molecule has 1 aliphatic rings. The highest BCUT2D eigenvalue weighted by Gasteiger charge is 2.26. The second kappa shape index (κ2) is 7.23. The van der Waals surface area contributed by atoms with Gasteiger partial charge in [-0.25, -0.2) is 13.4 Å². The Bertz CT molecular complexity index is 814. The Morgan fingerprint density at radius 2 is 1.88 bits per heavy atom. The molecule has 2 heterocycles. The van der Waals surface area contributed by atoms with E-state index in [9.17, 15) is 8.42 Å². The molecule has 24 heavy (non-hydrogen) atoms. The zero-order valence-electron chi connectivity index (χ0n) is 13.7. The van der Waals surface area contributed by atoms with Gasteiger partial charge < -0.3 is 4.74 Å². The molecular weight excluding hydrogens is 344 g/mol. The molecule has 2 aromatic rings. The smallest absolute Gasteiger partial charge is 0.244 e. The maximum absolute atomic E-state index is 12.6. The van der Waals surface area contributed by atoms with E-state index in [1.165, 1.54) is 33.4 Å². The summed E-state index contributed by atoms with van der Waals surface area (Å²) in [4.78, 5) is 5.68. The minimum atomic E-state index is -3.48. The highest BCUT2D eigenvalue weighted by molar-refractivity contribution is 7.99. The molecule has 0 amide bonds. The minimum absolute atomic E-state index is 0.231. The maximum Gasteiger partial charge on any atom is 0.244 e. The van der Waals surface area contributed by atoms with Gasteiger partial charge in [0.2, 0.25) is 10.0 Å². The van der Waals surface area contributed by atoms with Crippen LogP contribution < -0.4 is 0 Å². The van der Waals surface area contributed by atoms with Crippen molar-refractivity contribution in [2.24, 2.45) is 0 Å². The standard InChI is InChI=1S/C17H20N2O3S2/c1-13-3-5-16(14(2)11-13)23-17-6-4-15(12-18-17)24(20,21)19-7-9-22-10-8-19/h3-6,11-12H,7-10H2,1-2H3. The molecule has 5 nitrogen and oxygen atoms in total. The number of nitrogens with zero attached hydrogens (tertiary/aromatic N) is 2. The average molecular weight is 364 g/mol. The highest BCUT2D eigenvalue weighted by atomic mass is 32.2. The maximum atomic E-state index is 12.6. The van der Waals surface area contributed by atoms with E-state index in [0.29, 0.717) is 26.3 Å². The van der Waals surface area contributed by atoms with E-state index in [1.807, 2.05) is 0 Å². The number of sulfonamides is 1. The molecule has 0 atom stereocenters. The number of ether oxygens (including phenoxy) is 1. The molecule has 0 bridgehead atoms. The molecule has 1 aromatic heterocycles. The van der Waals surface area contributed by atoms with Gasteiger partial charge in [0.05, 0.1) is 13.2 Å². The summed E-state index contributed by atoms with van der Waals surface area (Å²) in [6, 6.07) is 9.64. The van der Waals surface area contributed by atoms with Gasteiger partial charge in [0.15, 0.2) is 0 Å². The topological polar surface area (TPSA) is 59.5 Å². The summed E-state index contributed by atoms with van der Waals surface area (Å²) in [7, 11) is -3.48. The summed E-state index contributed by atoms with van der Waals surface area (Å²) in [6.45, 7) is 5.78. The van der Waals surface area contributed by atoms with E-state index in [4.69, 9.17) is 4.74 Å². The third-order valence-electron chi connectivity index (χ3n) is 3.86. The first kappa shape index (κ1) is 17.4. The molecule has 3 rings (SSSR count). The van der Waals surface area contributed by atoms with Crippen molar-refractivity contribution in [2.75, 3.05) is 26.3 Å². The molecule has 0 unspecified atom stereocenters. The molecule has 0 radical (unpaired) electrons. The third kappa shape index (κ3) is 3.80. The molecule has 1 fully saturated rings. The molecule has 7 heteroatoms. The van der Waals surface area contributed by atoms with Gasteiger partial charge in [-0.3, -0.25) is 0 Å². The first-order chi connectivity index (χ1) is 11.5. The van der Waals surface area contributed by atoms with E-state index in [1.54, 1.807) is 12.1 Å². The van der Waals surface area contributed by atoms with Gasteiger partial charge in [0.1, 0.15) is 9.92 Å². The van der Waals surface area contributed by atoms with Gasteiger partial charge in [0.25, 0.3) is 0 Å². The zero-order valence-corrected chi connectivity index (χ0v) is 15.4. The quantitative estimate of drug-likeness (QED) is 0.835. The molecule has 1 aromatic carbocycles. The van der Waals surface area contributed by atoms with E-state index in [0.717, 1.165) is 9.92 Å². The van der Waals surface area contributed by atoms with Gasteiger partial charge in [-0.05, 0) is 37.6 Å². The highest BCUT2D eigenvalue weighted by Crippen LogP contribution is 2.30. The molecule has 0 N–H and O–H groups in total. The van der Waals surface area contributed by atoms with Gasteiger partial charge in [-0.1, -0.05) is 29.5 Å². The van der Waals surface area contributed by atoms with E-state index < -0.39 is 10.0 Å². The van der Waals surface area contributed by atoms with Crippen LogP contribution in [0.15, 0.2) is 51.3 Å². The Morgan fingerprint density at radius 3 is 2.50 bits per heavy atom. The fraction of sp³-hybridized carbons (Fsp3) is 0.353. The fourth-order valence-corrected chi connectivity index (χ4v) is 4.72. The Balaban J connectivity index is 1.77. The zero-order chi connectivity index (χ0) is 17.2. The van der Waals surface area contributed by atoms with Crippen LogP contribution in [0.2, 0.25) is 0 Å². The van der Waals surface area contributed by atoms with Crippen molar-refractivity contribution in [2.45, 2.75) is 28.7 Å². The summed E-state index contributed by atoms with van der Waals surface area (Å²) in [5, 5.41) is 0.780. The number of hydrogen-bond acceptors (Lipinski definition) is 5.